The summed E-state index contributed by atoms with van der Waals surface area (Å²) < 4.78 is 21.2. The maximum Gasteiger partial charge on any atom is 0.306 e. The molecule has 0 fully saturated rings. The van der Waals surface area contributed by atoms with Gasteiger partial charge in [0.2, 0.25) is 0 Å². The Bertz CT molecular complexity index is 1240. The highest BCUT2D eigenvalue weighted by atomic mass is 16.5. The summed E-state index contributed by atoms with van der Waals surface area (Å²) in [5, 5.41) is 40.0. The number of aliphatic hydroxyl groups is 1. The van der Waals surface area contributed by atoms with Crippen LogP contribution in [0.3, 0.4) is 0 Å². The van der Waals surface area contributed by atoms with Crippen LogP contribution < -0.4 is 14.2 Å². The van der Waals surface area contributed by atoms with Crippen molar-refractivity contribution >= 4 is 5.97 Å². The molecule has 4 N–H and O–H groups in total. The molecule has 0 saturated heterocycles. The third kappa shape index (κ3) is 8.19. The van der Waals surface area contributed by atoms with Crippen molar-refractivity contribution in [1.29, 1.82) is 0 Å². The fraction of sp³-hybridized carbons (Fsp3) is 0.367. The van der Waals surface area contributed by atoms with Crippen LogP contribution in [-0.4, -0.2) is 60.9 Å². The molecule has 0 radical (unpaired) electrons. The summed E-state index contributed by atoms with van der Waals surface area (Å²) in [6.07, 6.45) is 1.45. The van der Waals surface area contributed by atoms with Gasteiger partial charge in [0.25, 0.3) is 0 Å². The smallest absolute Gasteiger partial charge is 0.306 e. The zero-order valence-corrected chi connectivity index (χ0v) is 22.4. The number of aromatic hydroxyl groups is 3. The topological polar surface area (TPSA) is 135 Å². The Morgan fingerprint density at radius 2 is 1.13 bits per heavy atom. The van der Waals surface area contributed by atoms with E-state index in [0.717, 1.165) is 16.7 Å². The number of phenolic OH excluding ortho intramolecular Hbond substituents is 3. The van der Waals surface area contributed by atoms with E-state index in [0.29, 0.717) is 36.5 Å². The summed E-state index contributed by atoms with van der Waals surface area (Å²) in [7, 11) is 4.40. The Hall–Kier alpha value is -4.11. The lowest BCUT2D eigenvalue weighted by Gasteiger charge is -2.26. The number of aliphatic hydroxyl groups excluding tert-OH is 1. The minimum atomic E-state index is -0.390. The van der Waals surface area contributed by atoms with Gasteiger partial charge < -0.3 is 39.4 Å². The molecule has 0 aromatic heterocycles. The number of carbonyl (C=O) groups is 1. The van der Waals surface area contributed by atoms with Crippen molar-refractivity contribution in [3.05, 3.63) is 71.3 Å². The van der Waals surface area contributed by atoms with Gasteiger partial charge in [0.15, 0.2) is 34.5 Å². The van der Waals surface area contributed by atoms with Gasteiger partial charge in [-0.1, -0.05) is 18.2 Å². The molecule has 0 aliphatic heterocycles. The molecule has 0 amide bonds. The van der Waals surface area contributed by atoms with Gasteiger partial charge in [-0.2, -0.15) is 0 Å². The zero-order chi connectivity index (χ0) is 28.4. The maximum absolute atomic E-state index is 12.7. The van der Waals surface area contributed by atoms with Gasteiger partial charge >= 0.3 is 5.97 Å². The molecule has 0 aliphatic carbocycles. The molecule has 0 unspecified atom stereocenters. The lowest BCUT2D eigenvalue weighted by atomic mass is 9.83. The molecular weight excluding hydrogens is 504 g/mol. The number of carbonyl (C=O) groups excluding carboxylic acids is 1. The summed E-state index contributed by atoms with van der Waals surface area (Å²) in [5.41, 5.74) is 2.53. The van der Waals surface area contributed by atoms with Gasteiger partial charge in [0, 0.05) is 18.9 Å². The number of hydrogen-bond donors (Lipinski definition) is 4. The van der Waals surface area contributed by atoms with Gasteiger partial charge in [0.05, 0.1) is 27.9 Å². The molecule has 3 rings (SSSR count). The first-order valence-corrected chi connectivity index (χ1v) is 12.6. The molecule has 0 heterocycles. The summed E-state index contributed by atoms with van der Waals surface area (Å²) in [6.45, 7) is -0.0880. The van der Waals surface area contributed by atoms with E-state index in [1.807, 2.05) is 0 Å². The lowest BCUT2D eigenvalue weighted by Crippen LogP contribution is -2.28. The lowest BCUT2D eigenvalue weighted by molar-refractivity contribution is -0.145. The van der Waals surface area contributed by atoms with E-state index < -0.39 is 5.97 Å². The van der Waals surface area contributed by atoms with Crippen molar-refractivity contribution in [2.45, 2.75) is 25.7 Å². The summed E-state index contributed by atoms with van der Waals surface area (Å²) >= 11 is 0. The van der Waals surface area contributed by atoms with Crippen molar-refractivity contribution in [2.24, 2.45) is 11.8 Å². The highest BCUT2D eigenvalue weighted by Gasteiger charge is 2.25. The fourth-order valence-electron chi connectivity index (χ4n) is 4.44. The zero-order valence-electron chi connectivity index (χ0n) is 22.4. The van der Waals surface area contributed by atoms with Gasteiger partial charge in [0.1, 0.15) is 0 Å². The van der Waals surface area contributed by atoms with Crippen LogP contribution in [0.2, 0.25) is 0 Å². The van der Waals surface area contributed by atoms with Crippen molar-refractivity contribution in [3.63, 3.8) is 0 Å². The molecule has 0 saturated carbocycles. The van der Waals surface area contributed by atoms with Crippen molar-refractivity contribution in [2.75, 3.05) is 34.5 Å². The third-order valence-electron chi connectivity index (χ3n) is 6.71. The van der Waals surface area contributed by atoms with Crippen LogP contribution in [-0.2, 0) is 28.8 Å². The average Bonchev–Trinajstić information content (AvgIpc) is 2.95. The number of rotatable bonds is 14. The van der Waals surface area contributed by atoms with Gasteiger partial charge in [-0.15, -0.1) is 0 Å². The van der Waals surface area contributed by atoms with Crippen LogP contribution >= 0.6 is 0 Å². The largest absolute Gasteiger partial charge is 0.504 e. The predicted octanol–water partition coefficient (Wildman–Crippen LogP) is 4.02. The van der Waals surface area contributed by atoms with Crippen LogP contribution in [0.4, 0.5) is 0 Å². The van der Waals surface area contributed by atoms with E-state index in [1.54, 1.807) is 48.5 Å². The van der Waals surface area contributed by atoms with E-state index >= 15 is 0 Å². The minimum Gasteiger partial charge on any atom is -0.504 e. The fourth-order valence-corrected chi connectivity index (χ4v) is 4.44. The second-order valence-corrected chi connectivity index (χ2v) is 9.31. The summed E-state index contributed by atoms with van der Waals surface area (Å²) in [4.78, 5) is 12.7. The Balaban J connectivity index is 1.73. The molecule has 0 bridgehead atoms. The number of methoxy groups -OCH3 is 3. The quantitative estimate of drug-likeness (QED) is 0.224. The van der Waals surface area contributed by atoms with Crippen molar-refractivity contribution < 1.29 is 44.2 Å². The van der Waals surface area contributed by atoms with Gasteiger partial charge in [-0.05, 0) is 78.3 Å². The maximum atomic E-state index is 12.7. The molecular formula is C30H36O9. The van der Waals surface area contributed by atoms with Crippen LogP contribution in [0, 0.1) is 11.8 Å². The van der Waals surface area contributed by atoms with Gasteiger partial charge in [-0.25, -0.2) is 0 Å². The van der Waals surface area contributed by atoms with Crippen molar-refractivity contribution in [1.82, 2.24) is 0 Å². The number of phenols is 3. The van der Waals surface area contributed by atoms with Gasteiger partial charge in [-0.3, -0.25) is 4.79 Å². The molecule has 9 heteroatoms. The number of esters is 1. The Kier molecular flexibility index (Phi) is 10.7. The first-order valence-electron chi connectivity index (χ1n) is 12.6. The van der Waals surface area contributed by atoms with Crippen LogP contribution in [0.15, 0.2) is 54.6 Å². The molecule has 3 aromatic carbocycles. The van der Waals surface area contributed by atoms with Crippen LogP contribution in [0.1, 0.15) is 23.1 Å². The number of aryl methyl sites for hydroxylation is 1. The normalized spacial score (nSPS) is 12.4. The first-order chi connectivity index (χ1) is 18.8. The molecule has 0 spiro atoms. The highest BCUT2D eigenvalue weighted by Crippen LogP contribution is 2.32. The van der Waals surface area contributed by atoms with Crippen LogP contribution in [0.5, 0.6) is 34.5 Å². The minimum absolute atomic E-state index is 0.0185. The Labute approximate surface area is 228 Å². The third-order valence-corrected chi connectivity index (χ3v) is 6.71. The molecule has 9 nitrogen and oxygen atoms in total. The number of ether oxygens (including phenoxy) is 4. The monoisotopic (exact) mass is 540 g/mol. The van der Waals surface area contributed by atoms with Crippen molar-refractivity contribution in [3.8, 4) is 34.5 Å². The molecule has 210 valence electrons. The second-order valence-electron chi connectivity index (χ2n) is 9.31. The molecule has 0 aliphatic rings. The summed E-state index contributed by atoms with van der Waals surface area (Å²) in [5.74, 6) is 0.131. The number of benzene rings is 3. The second kappa shape index (κ2) is 14.2. The van der Waals surface area contributed by atoms with E-state index in [4.69, 9.17) is 18.9 Å². The van der Waals surface area contributed by atoms with E-state index in [9.17, 15) is 25.2 Å². The Morgan fingerprint density at radius 3 is 1.59 bits per heavy atom. The number of hydrogen-bond acceptors (Lipinski definition) is 9. The summed E-state index contributed by atoms with van der Waals surface area (Å²) in [6, 6.07) is 15.0. The van der Waals surface area contributed by atoms with Crippen LogP contribution in [0.25, 0.3) is 0 Å². The average molecular weight is 541 g/mol. The predicted molar refractivity (Wildman–Crippen MR) is 145 cm³/mol. The molecule has 39 heavy (non-hydrogen) atoms. The SMILES string of the molecule is COc1cc(CCC(=O)OC[C@H](Cc2ccc(O)c(OC)c2)[C@H](CO)Cc2ccc(O)c(OC)c2)ccc1O. The van der Waals surface area contributed by atoms with E-state index in [-0.39, 0.29) is 48.7 Å². The molecule has 3 aromatic rings. The van der Waals surface area contributed by atoms with E-state index in [2.05, 4.69) is 0 Å². The van der Waals surface area contributed by atoms with E-state index in [1.165, 1.54) is 27.4 Å². The Morgan fingerprint density at radius 1 is 0.692 bits per heavy atom. The molecule has 2 atom stereocenters. The standard InChI is InChI=1S/C30H36O9/c1-36-27-14-19(4-8-24(27)32)7-11-30(35)39-18-23(13-21-6-10-26(34)29(16-21)38-3)22(17-31)12-20-5-9-25(33)28(15-20)37-2/h4-6,8-10,14-16,22-23,31-34H,7,11-13,17-18H2,1-3H3/t22-,23-/m0/s1. The first kappa shape index (κ1) is 29.4. The highest BCUT2D eigenvalue weighted by molar-refractivity contribution is 5.69.